The first-order valence-corrected chi connectivity index (χ1v) is 9.10. The Labute approximate surface area is 166 Å². The van der Waals surface area contributed by atoms with Crippen LogP contribution >= 0.6 is 0 Å². The summed E-state index contributed by atoms with van der Waals surface area (Å²) in [7, 11) is 1.50. The van der Waals surface area contributed by atoms with Gasteiger partial charge in [-0.3, -0.25) is 0 Å². The largest absolute Gasteiger partial charge is 0.481 e. The maximum absolute atomic E-state index is 14.4. The number of aromatic nitrogens is 4. The molecular weight excluding hydrogens is 378 g/mol. The standard InChI is InChI=1S/C20H20F2N6O/c1-13-11-27(8-7-23-13)20-16(22)10-24-19(25-20)17-9-18(29-2)28(26-17)12-14-5-3-4-6-15(14)21/h3-6,9-10,23H,1,7-8,11-12H2,2H3. The average Bonchev–Trinajstić information content (AvgIpc) is 3.13. The number of methoxy groups -OCH3 is 1. The fraction of sp³-hybridized carbons (Fsp3) is 0.250. The molecule has 29 heavy (non-hydrogen) atoms. The molecule has 4 rings (SSSR count). The van der Waals surface area contributed by atoms with Gasteiger partial charge in [0.15, 0.2) is 17.5 Å². The topological polar surface area (TPSA) is 68.1 Å². The molecule has 2 aromatic heterocycles. The van der Waals surface area contributed by atoms with Gasteiger partial charge in [-0.15, -0.1) is 0 Å². The Morgan fingerprint density at radius 1 is 1.24 bits per heavy atom. The van der Waals surface area contributed by atoms with Crippen LogP contribution in [-0.2, 0) is 6.54 Å². The smallest absolute Gasteiger partial charge is 0.212 e. The lowest BCUT2D eigenvalue weighted by Gasteiger charge is -2.30. The minimum absolute atomic E-state index is 0.182. The van der Waals surface area contributed by atoms with Crippen molar-refractivity contribution in [2.24, 2.45) is 0 Å². The van der Waals surface area contributed by atoms with Crippen LogP contribution in [0.2, 0.25) is 0 Å². The highest BCUT2D eigenvalue weighted by Crippen LogP contribution is 2.25. The van der Waals surface area contributed by atoms with Gasteiger partial charge in [0.2, 0.25) is 5.88 Å². The van der Waals surface area contributed by atoms with E-state index in [-0.39, 0.29) is 24.0 Å². The number of halogens is 2. The van der Waals surface area contributed by atoms with E-state index in [0.717, 1.165) is 11.9 Å². The summed E-state index contributed by atoms with van der Waals surface area (Å²) in [5, 5.41) is 7.58. The average molecular weight is 398 g/mol. The van der Waals surface area contributed by atoms with Crippen LogP contribution in [0.15, 0.2) is 48.8 Å². The van der Waals surface area contributed by atoms with E-state index in [1.54, 1.807) is 29.2 Å². The second-order valence-corrected chi connectivity index (χ2v) is 6.64. The van der Waals surface area contributed by atoms with E-state index >= 15 is 0 Å². The van der Waals surface area contributed by atoms with Crippen molar-refractivity contribution < 1.29 is 13.5 Å². The number of anilines is 1. The molecule has 0 amide bonds. The Morgan fingerprint density at radius 3 is 2.83 bits per heavy atom. The summed E-state index contributed by atoms with van der Waals surface area (Å²) < 4.78 is 35.3. The van der Waals surface area contributed by atoms with Gasteiger partial charge in [-0.2, -0.15) is 5.10 Å². The highest BCUT2D eigenvalue weighted by molar-refractivity contribution is 5.55. The molecule has 3 heterocycles. The predicted molar refractivity (Wildman–Crippen MR) is 105 cm³/mol. The minimum atomic E-state index is -0.513. The lowest BCUT2D eigenvalue weighted by atomic mass is 10.2. The Kier molecular flexibility index (Phi) is 5.11. The highest BCUT2D eigenvalue weighted by atomic mass is 19.1. The number of piperazine rings is 1. The Bertz CT molecular complexity index is 1050. The molecule has 0 spiro atoms. The van der Waals surface area contributed by atoms with E-state index in [2.05, 4.69) is 27.0 Å². The van der Waals surface area contributed by atoms with Crippen LogP contribution < -0.4 is 15.0 Å². The number of nitrogens with zero attached hydrogens (tertiary/aromatic N) is 5. The molecule has 1 fully saturated rings. The predicted octanol–water partition coefficient (Wildman–Crippen LogP) is 2.60. The van der Waals surface area contributed by atoms with Crippen LogP contribution in [-0.4, -0.2) is 46.5 Å². The summed E-state index contributed by atoms with van der Waals surface area (Å²) >= 11 is 0. The van der Waals surface area contributed by atoms with Gasteiger partial charge in [0, 0.05) is 30.4 Å². The number of rotatable bonds is 5. The van der Waals surface area contributed by atoms with Crippen LogP contribution in [0.3, 0.4) is 0 Å². The maximum atomic E-state index is 14.4. The molecule has 0 saturated carbocycles. The molecule has 0 unspecified atom stereocenters. The van der Waals surface area contributed by atoms with Gasteiger partial charge >= 0.3 is 0 Å². The van der Waals surface area contributed by atoms with Crippen molar-refractivity contribution in [1.29, 1.82) is 0 Å². The number of hydrogen-bond donors (Lipinski definition) is 1. The molecule has 1 N–H and O–H groups in total. The third-order valence-corrected chi connectivity index (χ3v) is 4.62. The van der Waals surface area contributed by atoms with Gasteiger partial charge in [-0.25, -0.2) is 23.4 Å². The molecule has 1 aliphatic rings. The molecular formula is C20H20F2N6O. The molecule has 1 aliphatic heterocycles. The number of benzene rings is 1. The van der Waals surface area contributed by atoms with Crippen LogP contribution in [0.4, 0.5) is 14.6 Å². The summed E-state index contributed by atoms with van der Waals surface area (Å²) in [4.78, 5) is 10.3. The second-order valence-electron chi connectivity index (χ2n) is 6.64. The number of nitrogens with one attached hydrogen (secondary N) is 1. The van der Waals surface area contributed by atoms with Crippen LogP contribution in [0.5, 0.6) is 5.88 Å². The molecule has 0 aliphatic carbocycles. The normalized spacial score (nSPS) is 14.0. The zero-order valence-corrected chi connectivity index (χ0v) is 15.9. The molecule has 1 aromatic carbocycles. The fourth-order valence-electron chi connectivity index (χ4n) is 3.19. The van der Waals surface area contributed by atoms with Crippen molar-refractivity contribution in [3.05, 3.63) is 66.0 Å². The van der Waals surface area contributed by atoms with Gasteiger partial charge < -0.3 is 15.0 Å². The van der Waals surface area contributed by atoms with Gasteiger partial charge in [-0.05, 0) is 6.07 Å². The van der Waals surface area contributed by atoms with Gasteiger partial charge in [0.25, 0.3) is 0 Å². The van der Waals surface area contributed by atoms with E-state index in [4.69, 9.17) is 4.74 Å². The number of ether oxygens (including phenoxy) is 1. The first-order chi connectivity index (χ1) is 14.0. The summed E-state index contributed by atoms with van der Waals surface area (Å²) in [6.45, 7) is 5.78. The van der Waals surface area contributed by atoms with E-state index in [9.17, 15) is 8.78 Å². The van der Waals surface area contributed by atoms with Gasteiger partial charge in [-0.1, -0.05) is 24.8 Å². The zero-order valence-electron chi connectivity index (χ0n) is 15.9. The first-order valence-electron chi connectivity index (χ1n) is 9.10. The van der Waals surface area contributed by atoms with Crippen molar-refractivity contribution in [2.45, 2.75) is 6.54 Å². The van der Waals surface area contributed by atoms with E-state index in [1.807, 2.05) is 0 Å². The Hall–Kier alpha value is -3.49. The molecule has 1 saturated heterocycles. The van der Waals surface area contributed by atoms with Crippen molar-refractivity contribution >= 4 is 5.82 Å². The summed E-state index contributed by atoms with van der Waals surface area (Å²) in [6, 6.07) is 8.10. The van der Waals surface area contributed by atoms with E-state index < -0.39 is 5.82 Å². The summed E-state index contributed by atoms with van der Waals surface area (Å²) in [6.07, 6.45) is 1.13. The maximum Gasteiger partial charge on any atom is 0.212 e. The highest BCUT2D eigenvalue weighted by Gasteiger charge is 2.21. The van der Waals surface area contributed by atoms with Crippen molar-refractivity contribution in [2.75, 3.05) is 31.6 Å². The van der Waals surface area contributed by atoms with Crippen LogP contribution in [0.1, 0.15) is 5.56 Å². The van der Waals surface area contributed by atoms with Gasteiger partial charge in [0.05, 0.1) is 26.4 Å². The third kappa shape index (κ3) is 3.89. The third-order valence-electron chi connectivity index (χ3n) is 4.62. The Morgan fingerprint density at radius 2 is 2.07 bits per heavy atom. The fourth-order valence-corrected chi connectivity index (χ4v) is 3.19. The van der Waals surface area contributed by atoms with Crippen molar-refractivity contribution in [3.8, 4) is 17.4 Å². The lowest BCUT2D eigenvalue weighted by molar-refractivity contribution is 0.365. The van der Waals surface area contributed by atoms with E-state index in [0.29, 0.717) is 36.8 Å². The SMILES string of the molecule is C=C1CN(c2nc(-c3cc(OC)n(Cc4ccccc4F)n3)ncc2F)CCN1. The first kappa shape index (κ1) is 18.9. The number of hydrogen-bond acceptors (Lipinski definition) is 6. The molecule has 7 nitrogen and oxygen atoms in total. The monoisotopic (exact) mass is 398 g/mol. The Balaban J connectivity index is 1.66. The summed E-state index contributed by atoms with van der Waals surface area (Å²) in [5.41, 5.74) is 1.68. The molecule has 9 heteroatoms. The zero-order chi connectivity index (χ0) is 20.4. The van der Waals surface area contributed by atoms with Crippen LogP contribution in [0.25, 0.3) is 11.5 Å². The minimum Gasteiger partial charge on any atom is -0.481 e. The molecule has 3 aromatic rings. The molecule has 0 atom stereocenters. The molecule has 0 radical (unpaired) electrons. The lowest BCUT2D eigenvalue weighted by Crippen LogP contribution is -2.42. The quantitative estimate of drug-likeness (QED) is 0.713. The van der Waals surface area contributed by atoms with Crippen molar-refractivity contribution in [3.63, 3.8) is 0 Å². The van der Waals surface area contributed by atoms with Gasteiger partial charge in [0.1, 0.15) is 11.5 Å². The second kappa shape index (κ2) is 7.86. The van der Waals surface area contributed by atoms with Crippen LogP contribution in [0, 0.1) is 11.6 Å². The molecule has 0 bridgehead atoms. The molecule has 150 valence electrons. The summed E-state index contributed by atoms with van der Waals surface area (Å²) in [5.74, 6) is 0.0386. The van der Waals surface area contributed by atoms with Crippen molar-refractivity contribution in [1.82, 2.24) is 25.1 Å². The van der Waals surface area contributed by atoms with E-state index in [1.165, 1.54) is 17.9 Å².